The zero-order valence-corrected chi connectivity index (χ0v) is 12.3. The fourth-order valence-corrected chi connectivity index (χ4v) is 2.84. The van der Waals surface area contributed by atoms with E-state index in [9.17, 15) is 14.0 Å². The van der Waals surface area contributed by atoms with Crippen LogP contribution in [0.4, 0.5) is 4.39 Å². The summed E-state index contributed by atoms with van der Waals surface area (Å²) in [6.07, 6.45) is 1.25. The van der Waals surface area contributed by atoms with E-state index in [2.05, 4.69) is 0 Å². The first-order valence-electron chi connectivity index (χ1n) is 7.11. The molecule has 1 fully saturated rings. The van der Waals surface area contributed by atoms with Crippen LogP contribution in [0.2, 0.25) is 0 Å². The number of rotatable bonds is 3. The Hall–Kier alpha value is -1.91. The molecule has 4 nitrogen and oxygen atoms in total. The van der Waals surface area contributed by atoms with E-state index < -0.39 is 23.1 Å². The molecular formula is C16H20FNO3. The molecule has 1 aliphatic heterocycles. The Morgan fingerprint density at radius 1 is 1.33 bits per heavy atom. The topological polar surface area (TPSA) is 57.6 Å². The van der Waals surface area contributed by atoms with Crippen molar-refractivity contribution in [2.24, 2.45) is 5.92 Å². The Morgan fingerprint density at radius 3 is 2.62 bits per heavy atom. The molecule has 21 heavy (non-hydrogen) atoms. The summed E-state index contributed by atoms with van der Waals surface area (Å²) in [7, 11) is 0. The zero-order valence-electron chi connectivity index (χ0n) is 12.3. The molecular weight excluding hydrogens is 273 g/mol. The second kappa shape index (κ2) is 5.84. The molecule has 0 aliphatic carbocycles. The van der Waals surface area contributed by atoms with Gasteiger partial charge in [-0.3, -0.25) is 9.59 Å². The highest BCUT2D eigenvalue weighted by atomic mass is 19.1. The van der Waals surface area contributed by atoms with E-state index in [4.69, 9.17) is 5.11 Å². The monoisotopic (exact) mass is 293 g/mol. The lowest BCUT2D eigenvalue weighted by Gasteiger charge is -2.36. The summed E-state index contributed by atoms with van der Waals surface area (Å²) in [5, 5.41) is 9.10. The third-order valence-corrected chi connectivity index (χ3v) is 4.14. The Labute approximate surface area is 123 Å². The van der Waals surface area contributed by atoms with Crippen LogP contribution in [0.1, 0.15) is 32.3 Å². The van der Waals surface area contributed by atoms with Gasteiger partial charge in [0.05, 0.1) is 11.3 Å². The van der Waals surface area contributed by atoms with Gasteiger partial charge >= 0.3 is 5.97 Å². The number of carbonyl (C=O) groups excluding carboxylic acids is 1. The van der Waals surface area contributed by atoms with E-state index >= 15 is 0 Å². The lowest BCUT2D eigenvalue weighted by atomic mass is 9.82. The Bertz CT molecular complexity index is 556. The number of piperidine rings is 1. The molecule has 5 heteroatoms. The molecule has 0 aromatic heterocycles. The number of likely N-dealkylation sites (tertiary alicyclic amines) is 1. The number of nitrogens with zero attached hydrogens (tertiary/aromatic N) is 1. The maximum Gasteiger partial charge on any atom is 0.308 e. The van der Waals surface area contributed by atoms with E-state index in [0.29, 0.717) is 24.9 Å². The fraction of sp³-hybridized carbons (Fsp3) is 0.500. The lowest BCUT2D eigenvalue weighted by Crippen LogP contribution is -2.49. The number of carboxylic acid groups (broad SMARTS) is 1. The first-order valence-corrected chi connectivity index (χ1v) is 7.11. The van der Waals surface area contributed by atoms with E-state index in [1.165, 1.54) is 6.07 Å². The number of aliphatic carboxylic acids is 1. The van der Waals surface area contributed by atoms with Gasteiger partial charge in [0.15, 0.2) is 0 Å². The van der Waals surface area contributed by atoms with Gasteiger partial charge in [-0.15, -0.1) is 0 Å². The van der Waals surface area contributed by atoms with Crippen LogP contribution < -0.4 is 0 Å². The molecule has 1 N–H and O–H groups in total. The van der Waals surface area contributed by atoms with Crippen LogP contribution in [0.5, 0.6) is 0 Å². The van der Waals surface area contributed by atoms with Gasteiger partial charge in [0.2, 0.25) is 5.91 Å². The minimum atomic E-state index is -1.01. The standard InChI is InChI=1S/C16H20FNO3/c1-16(2,12-7-3-4-8-13(12)17)15(21)18-9-5-6-11(10-18)14(19)20/h3-4,7-8,11H,5-6,9-10H2,1-2H3,(H,19,20). The van der Waals surface area contributed by atoms with Gasteiger partial charge in [-0.2, -0.15) is 0 Å². The number of hydrogen-bond donors (Lipinski definition) is 1. The molecule has 1 heterocycles. The normalized spacial score (nSPS) is 19.4. The number of benzene rings is 1. The lowest BCUT2D eigenvalue weighted by molar-refractivity contribution is -0.147. The number of carboxylic acids is 1. The summed E-state index contributed by atoms with van der Waals surface area (Å²) in [6, 6.07) is 6.22. The summed E-state index contributed by atoms with van der Waals surface area (Å²) in [6.45, 7) is 4.09. The molecule has 114 valence electrons. The predicted octanol–water partition coefficient (Wildman–Crippen LogP) is 2.43. The van der Waals surface area contributed by atoms with Crippen molar-refractivity contribution in [2.45, 2.75) is 32.1 Å². The van der Waals surface area contributed by atoms with E-state index in [0.717, 1.165) is 0 Å². The van der Waals surface area contributed by atoms with Crippen LogP contribution in [0.3, 0.4) is 0 Å². The van der Waals surface area contributed by atoms with Gasteiger partial charge in [-0.1, -0.05) is 18.2 Å². The molecule has 0 saturated carbocycles. The Morgan fingerprint density at radius 2 is 2.00 bits per heavy atom. The molecule has 1 aliphatic rings. The highest BCUT2D eigenvalue weighted by molar-refractivity contribution is 5.88. The minimum Gasteiger partial charge on any atom is -0.481 e. The van der Waals surface area contributed by atoms with Crippen LogP contribution in [0, 0.1) is 11.7 Å². The molecule has 1 saturated heterocycles. The van der Waals surface area contributed by atoms with Gasteiger partial charge in [0, 0.05) is 18.7 Å². The molecule has 1 aromatic carbocycles. The average Bonchev–Trinajstić information content (AvgIpc) is 2.46. The highest BCUT2D eigenvalue weighted by Gasteiger charge is 2.38. The van der Waals surface area contributed by atoms with Crippen molar-refractivity contribution in [3.05, 3.63) is 35.6 Å². The number of carbonyl (C=O) groups is 2. The molecule has 0 radical (unpaired) electrons. The average molecular weight is 293 g/mol. The third-order valence-electron chi connectivity index (χ3n) is 4.14. The Kier molecular flexibility index (Phi) is 4.30. The van der Waals surface area contributed by atoms with Gasteiger partial charge < -0.3 is 10.0 Å². The van der Waals surface area contributed by atoms with Crippen molar-refractivity contribution in [1.29, 1.82) is 0 Å². The van der Waals surface area contributed by atoms with Crippen molar-refractivity contribution in [2.75, 3.05) is 13.1 Å². The second-order valence-corrected chi connectivity index (χ2v) is 6.03. The maximum atomic E-state index is 14.0. The van der Waals surface area contributed by atoms with Crippen LogP contribution in [-0.2, 0) is 15.0 Å². The molecule has 0 spiro atoms. The van der Waals surface area contributed by atoms with Crippen molar-refractivity contribution < 1.29 is 19.1 Å². The van der Waals surface area contributed by atoms with E-state index in [1.807, 2.05) is 0 Å². The summed E-state index contributed by atoms with van der Waals surface area (Å²) < 4.78 is 14.0. The predicted molar refractivity (Wildman–Crippen MR) is 76.4 cm³/mol. The third kappa shape index (κ3) is 3.06. The minimum absolute atomic E-state index is 0.200. The molecule has 1 aromatic rings. The van der Waals surface area contributed by atoms with Crippen LogP contribution >= 0.6 is 0 Å². The van der Waals surface area contributed by atoms with Crippen molar-refractivity contribution >= 4 is 11.9 Å². The van der Waals surface area contributed by atoms with Crippen LogP contribution in [-0.4, -0.2) is 35.0 Å². The van der Waals surface area contributed by atoms with Crippen molar-refractivity contribution in [3.63, 3.8) is 0 Å². The molecule has 1 atom stereocenters. The van der Waals surface area contributed by atoms with Crippen molar-refractivity contribution in [1.82, 2.24) is 4.90 Å². The Balaban J connectivity index is 2.22. The van der Waals surface area contributed by atoms with Crippen molar-refractivity contribution in [3.8, 4) is 0 Å². The SMILES string of the molecule is CC(C)(C(=O)N1CCCC(C(=O)O)C1)c1ccccc1F. The smallest absolute Gasteiger partial charge is 0.308 e. The fourth-order valence-electron chi connectivity index (χ4n) is 2.84. The van der Waals surface area contributed by atoms with Gasteiger partial charge in [0.1, 0.15) is 5.82 Å². The van der Waals surface area contributed by atoms with Crippen LogP contribution in [0.25, 0.3) is 0 Å². The molecule has 0 bridgehead atoms. The largest absolute Gasteiger partial charge is 0.481 e. The number of halogens is 1. The molecule has 1 unspecified atom stereocenters. The molecule has 1 amide bonds. The number of hydrogen-bond acceptors (Lipinski definition) is 2. The quantitative estimate of drug-likeness (QED) is 0.931. The number of amides is 1. The molecule has 2 rings (SSSR count). The highest BCUT2D eigenvalue weighted by Crippen LogP contribution is 2.30. The zero-order chi connectivity index (χ0) is 15.6. The van der Waals surface area contributed by atoms with Gasteiger partial charge in [-0.25, -0.2) is 4.39 Å². The van der Waals surface area contributed by atoms with E-state index in [1.54, 1.807) is 36.9 Å². The maximum absolute atomic E-state index is 14.0. The summed E-state index contributed by atoms with van der Waals surface area (Å²) >= 11 is 0. The van der Waals surface area contributed by atoms with Crippen LogP contribution in [0.15, 0.2) is 24.3 Å². The first kappa shape index (κ1) is 15.5. The van der Waals surface area contributed by atoms with Gasteiger partial charge in [0.25, 0.3) is 0 Å². The summed E-state index contributed by atoms with van der Waals surface area (Å²) in [4.78, 5) is 25.4. The van der Waals surface area contributed by atoms with E-state index in [-0.39, 0.29) is 12.5 Å². The first-order chi connectivity index (χ1) is 9.84. The summed E-state index contributed by atoms with van der Waals surface area (Å²) in [5.41, 5.74) is -0.668. The second-order valence-electron chi connectivity index (χ2n) is 6.03. The summed E-state index contributed by atoms with van der Waals surface area (Å²) in [5.74, 6) is -2.04. The van der Waals surface area contributed by atoms with Gasteiger partial charge in [-0.05, 0) is 32.8 Å².